The van der Waals surface area contributed by atoms with E-state index in [1.165, 1.54) is 18.2 Å². The molecule has 0 radical (unpaired) electrons. The topological polar surface area (TPSA) is 29.1 Å². The summed E-state index contributed by atoms with van der Waals surface area (Å²) < 4.78 is 53.3. The number of hydrogen-bond donors (Lipinski definition) is 1. The van der Waals surface area contributed by atoms with E-state index in [9.17, 15) is 22.4 Å². The van der Waals surface area contributed by atoms with Crippen molar-refractivity contribution < 1.29 is 22.4 Å². The zero-order chi connectivity index (χ0) is 15.7. The Labute approximate surface area is 129 Å². The maximum absolute atomic E-state index is 13.4. The molecule has 0 atom stereocenters. The first kappa shape index (κ1) is 15.8. The van der Waals surface area contributed by atoms with Crippen molar-refractivity contribution in [1.29, 1.82) is 0 Å². The van der Waals surface area contributed by atoms with Gasteiger partial charge in [-0.2, -0.15) is 0 Å². The zero-order valence-corrected chi connectivity index (χ0v) is 12.3. The molecule has 1 N–H and O–H groups in total. The Bertz CT molecular complexity index is 712. The van der Waals surface area contributed by atoms with Crippen LogP contribution < -0.4 is 5.32 Å². The fourth-order valence-corrected chi connectivity index (χ4v) is 2.00. The minimum atomic E-state index is -1.68. The molecule has 0 aromatic heterocycles. The monoisotopic (exact) mass is 381 g/mol. The second-order valence-corrected chi connectivity index (χ2v) is 5.19. The van der Waals surface area contributed by atoms with Gasteiger partial charge in [0.2, 0.25) is 0 Å². The third kappa shape index (κ3) is 3.19. The molecule has 0 unspecified atom stereocenters. The summed E-state index contributed by atoms with van der Waals surface area (Å²) in [6.07, 6.45) is 0. The SMILES string of the molecule is O=C(Nc1c(F)c(F)cc(F)c1F)c1ccc(Cl)c(Br)c1. The minimum Gasteiger partial charge on any atom is -0.317 e. The molecule has 2 aromatic carbocycles. The quantitative estimate of drug-likeness (QED) is 0.580. The normalized spacial score (nSPS) is 10.6. The number of carbonyl (C=O) groups is 1. The summed E-state index contributed by atoms with van der Waals surface area (Å²) in [6, 6.07) is 4.01. The van der Waals surface area contributed by atoms with Gasteiger partial charge in [-0.25, -0.2) is 17.6 Å². The van der Waals surface area contributed by atoms with Gasteiger partial charge in [0.25, 0.3) is 5.91 Å². The van der Waals surface area contributed by atoms with E-state index in [1.54, 1.807) is 5.32 Å². The molecule has 8 heteroatoms. The second kappa shape index (κ2) is 6.03. The average Bonchev–Trinajstić information content (AvgIpc) is 2.44. The molecule has 110 valence electrons. The van der Waals surface area contributed by atoms with Gasteiger partial charge in [0.15, 0.2) is 23.3 Å². The highest BCUT2D eigenvalue weighted by molar-refractivity contribution is 9.10. The van der Waals surface area contributed by atoms with Crippen LogP contribution in [0.5, 0.6) is 0 Å². The molecule has 0 aliphatic carbocycles. The molecule has 2 nitrogen and oxygen atoms in total. The Morgan fingerprint density at radius 2 is 1.62 bits per heavy atom. The van der Waals surface area contributed by atoms with Crippen molar-refractivity contribution in [1.82, 2.24) is 0 Å². The number of carbonyl (C=O) groups excluding carboxylic acids is 1. The lowest BCUT2D eigenvalue weighted by Gasteiger charge is -2.09. The highest BCUT2D eigenvalue weighted by Gasteiger charge is 2.21. The maximum atomic E-state index is 13.4. The molecule has 0 aliphatic heterocycles. The Hall–Kier alpha value is -1.60. The summed E-state index contributed by atoms with van der Waals surface area (Å²) in [5.41, 5.74) is -1.20. The van der Waals surface area contributed by atoms with Crippen molar-refractivity contribution in [3.8, 4) is 0 Å². The van der Waals surface area contributed by atoms with Crippen molar-refractivity contribution in [2.45, 2.75) is 0 Å². The van der Waals surface area contributed by atoms with Crippen LogP contribution in [0.1, 0.15) is 10.4 Å². The fourth-order valence-electron chi connectivity index (χ4n) is 1.51. The first-order chi connectivity index (χ1) is 9.81. The summed E-state index contributed by atoms with van der Waals surface area (Å²) in [4.78, 5) is 11.9. The lowest BCUT2D eigenvalue weighted by Crippen LogP contribution is -2.15. The van der Waals surface area contributed by atoms with Crippen molar-refractivity contribution >= 4 is 39.1 Å². The smallest absolute Gasteiger partial charge is 0.255 e. The standard InChI is InChI=1S/C13H5BrClF4NO/c14-6-3-5(1-2-7(6)15)13(21)20-12-10(18)8(16)4-9(17)11(12)19/h1-4H,(H,20,21). The summed E-state index contributed by atoms with van der Waals surface area (Å²) in [5, 5.41) is 2.11. The number of anilines is 1. The molecule has 1 amide bonds. The van der Waals surface area contributed by atoms with E-state index in [0.29, 0.717) is 9.50 Å². The van der Waals surface area contributed by atoms with Gasteiger partial charge in [-0.1, -0.05) is 11.6 Å². The highest BCUT2D eigenvalue weighted by Crippen LogP contribution is 2.26. The van der Waals surface area contributed by atoms with Gasteiger partial charge >= 0.3 is 0 Å². The van der Waals surface area contributed by atoms with Crippen LogP contribution in [0.4, 0.5) is 23.2 Å². The molecule has 0 fully saturated rings. The molecule has 0 bridgehead atoms. The van der Waals surface area contributed by atoms with Crippen LogP contribution in [0.15, 0.2) is 28.7 Å². The van der Waals surface area contributed by atoms with Gasteiger partial charge in [-0.15, -0.1) is 0 Å². The van der Waals surface area contributed by atoms with Crippen molar-refractivity contribution in [3.63, 3.8) is 0 Å². The van der Waals surface area contributed by atoms with E-state index in [0.717, 1.165) is 0 Å². The number of hydrogen-bond acceptors (Lipinski definition) is 1. The second-order valence-electron chi connectivity index (χ2n) is 3.93. The predicted molar refractivity (Wildman–Crippen MR) is 73.4 cm³/mol. The first-order valence-corrected chi connectivity index (χ1v) is 6.57. The number of nitrogens with one attached hydrogen (secondary N) is 1. The average molecular weight is 383 g/mol. The number of benzene rings is 2. The van der Waals surface area contributed by atoms with E-state index >= 15 is 0 Å². The number of rotatable bonds is 2. The Kier molecular flexibility index (Phi) is 4.53. The van der Waals surface area contributed by atoms with Gasteiger partial charge in [0.05, 0.1) is 5.02 Å². The molecule has 2 rings (SSSR count). The summed E-state index contributed by atoms with van der Waals surface area (Å²) in [5.74, 6) is -7.54. The van der Waals surface area contributed by atoms with Gasteiger partial charge < -0.3 is 5.32 Å². The van der Waals surface area contributed by atoms with Gasteiger partial charge in [-0.05, 0) is 34.1 Å². The van der Waals surface area contributed by atoms with E-state index in [1.807, 2.05) is 0 Å². The Morgan fingerprint density at radius 1 is 1.05 bits per heavy atom. The molecular weight excluding hydrogens is 377 g/mol. The molecule has 0 saturated heterocycles. The van der Waals surface area contributed by atoms with Crippen LogP contribution in [0.25, 0.3) is 0 Å². The van der Waals surface area contributed by atoms with Crippen molar-refractivity contribution in [3.05, 3.63) is 62.6 Å². The van der Waals surface area contributed by atoms with Gasteiger partial charge in [-0.3, -0.25) is 4.79 Å². The van der Waals surface area contributed by atoms with Gasteiger partial charge in [0, 0.05) is 16.1 Å². The van der Waals surface area contributed by atoms with Crippen molar-refractivity contribution in [2.75, 3.05) is 5.32 Å². The molecule has 0 saturated carbocycles. The lowest BCUT2D eigenvalue weighted by molar-refractivity contribution is 0.102. The number of amides is 1. The molecule has 0 aliphatic rings. The van der Waals surface area contributed by atoms with Gasteiger partial charge in [0.1, 0.15) is 5.69 Å². The Balaban J connectivity index is 2.38. The van der Waals surface area contributed by atoms with E-state index in [2.05, 4.69) is 15.9 Å². The summed E-state index contributed by atoms with van der Waals surface area (Å²) in [7, 11) is 0. The predicted octanol–water partition coefficient (Wildman–Crippen LogP) is 4.91. The summed E-state index contributed by atoms with van der Waals surface area (Å²) >= 11 is 8.81. The largest absolute Gasteiger partial charge is 0.317 e. The highest BCUT2D eigenvalue weighted by atomic mass is 79.9. The van der Waals surface area contributed by atoms with E-state index in [-0.39, 0.29) is 11.6 Å². The van der Waals surface area contributed by atoms with Crippen molar-refractivity contribution in [2.24, 2.45) is 0 Å². The van der Waals surface area contributed by atoms with Crippen LogP contribution in [0.2, 0.25) is 5.02 Å². The molecule has 0 heterocycles. The van der Waals surface area contributed by atoms with Crippen LogP contribution >= 0.6 is 27.5 Å². The first-order valence-electron chi connectivity index (χ1n) is 5.40. The lowest BCUT2D eigenvalue weighted by atomic mass is 10.2. The minimum absolute atomic E-state index is 0.00487. The molecule has 2 aromatic rings. The number of halogens is 6. The third-order valence-corrected chi connectivity index (χ3v) is 3.75. The Morgan fingerprint density at radius 3 is 2.14 bits per heavy atom. The van der Waals surface area contributed by atoms with Crippen LogP contribution in [-0.2, 0) is 0 Å². The molecular formula is C13H5BrClF4NO. The maximum Gasteiger partial charge on any atom is 0.255 e. The third-order valence-electron chi connectivity index (χ3n) is 2.53. The molecule has 21 heavy (non-hydrogen) atoms. The van der Waals surface area contributed by atoms with E-state index < -0.39 is 34.9 Å². The van der Waals surface area contributed by atoms with Crippen LogP contribution in [0, 0.1) is 23.3 Å². The molecule has 0 spiro atoms. The van der Waals surface area contributed by atoms with E-state index in [4.69, 9.17) is 11.6 Å². The van der Waals surface area contributed by atoms with Crippen LogP contribution in [0.3, 0.4) is 0 Å². The summed E-state index contributed by atoms with van der Waals surface area (Å²) in [6.45, 7) is 0. The zero-order valence-electron chi connectivity index (χ0n) is 9.99. The fraction of sp³-hybridized carbons (Fsp3) is 0. The van der Waals surface area contributed by atoms with Crippen LogP contribution in [-0.4, -0.2) is 5.91 Å².